The lowest BCUT2D eigenvalue weighted by molar-refractivity contribution is 0.311. The zero-order chi connectivity index (χ0) is 15.2. The van der Waals surface area contributed by atoms with Crippen molar-refractivity contribution in [2.75, 3.05) is 19.0 Å². The number of ether oxygens (including phenoxy) is 2. The van der Waals surface area contributed by atoms with Gasteiger partial charge in [-0.3, -0.25) is 0 Å². The molecule has 2 rings (SSSR count). The number of hydrogen-bond acceptors (Lipinski definition) is 3. The number of rotatable bonds is 6. The molecule has 0 heterocycles. The molecule has 1 N–H and O–H groups in total. The van der Waals surface area contributed by atoms with Gasteiger partial charge in [0.1, 0.15) is 5.82 Å². The van der Waals surface area contributed by atoms with Crippen LogP contribution in [0.4, 0.5) is 10.1 Å². The number of halogens is 1. The zero-order valence-corrected chi connectivity index (χ0v) is 12.6. The first kappa shape index (κ1) is 15.2. The van der Waals surface area contributed by atoms with Crippen molar-refractivity contribution in [1.82, 2.24) is 0 Å². The van der Waals surface area contributed by atoms with Crippen LogP contribution in [0.2, 0.25) is 0 Å². The van der Waals surface area contributed by atoms with Gasteiger partial charge < -0.3 is 14.8 Å². The molecule has 0 bridgehead atoms. The molecule has 0 saturated carbocycles. The van der Waals surface area contributed by atoms with E-state index in [0.29, 0.717) is 24.5 Å². The van der Waals surface area contributed by atoms with Crippen LogP contribution in [0, 0.1) is 12.7 Å². The summed E-state index contributed by atoms with van der Waals surface area (Å²) >= 11 is 0. The highest BCUT2D eigenvalue weighted by Crippen LogP contribution is 2.30. The average molecular weight is 289 g/mol. The molecule has 21 heavy (non-hydrogen) atoms. The van der Waals surface area contributed by atoms with E-state index in [-0.39, 0.29) is 5.82 Å². The lowest BCUT2D eigenvalue weighted by Crippen LogP contribution is -2.01. The third-order valence-corrected chi connectivity index (χ3v) is 3.18. The number of nitrogens with one attached hydrogen (secondary N) is 1. The van der Waals surface area contributed by atoms with Gasteiger partial charge in [-0.1, -0.05) is 12.1 Å². The Morgan fingerprint density at radius 1 is 1.10 bits per heavy atom. The molecule has 0 atom stereocenters. The van der Waals surface area contributed by atoms with Crippen LogP contribution >= 0.6 is 0 Å². The second kappa shape index (κ2) is 6.97. The van der Waals surface area contributed by atoms with Gasteiger partial charge in [-0.2, -0.15) is 0 Å². The van der Waals surface area contributed by atoms with Crippen LogP contribution in [0.1, 0.15) is 18.1 Å². The monoisotopic (exact) mass is 289 g/mol. The van der Waals surface area contributed by atoms with Crippen LogP contribution in [0.15, 0.2) is 36.4 Å². The average Bonchev–Trinajstić information content (AvgIpc) is 2.49. The molecule has 4 heteroatoms. The first-order valence-electron chi connectivity index (χ1n) is 6.93. The number of aryl methyl sites for hydroxylation is 1. The van der Waals surface area contributed by atoms with Gasteiger partial charge >= 0.3 is 0 Å². The zero-order valence-electron chi connectivity index (χ0n) is 12.6. The molecule has 3 nitrogen and oxygen atoms in total. The summed E-state index contributed by atoms with van der Waals surface area (Å²) in [5.74, 6) is 1.24. The molecule has 112 valence electrons. The van der Waals surface area contributed by atoms with Crippen molar-refractivity contribution in [1.29, 1.82) is 0 Å². The molecule has 0 unspecified atom stereocenters. The summed E-state index contributed by atoms with van der Waals surface area (Å²) in [5.41, 5.74) is 2.61. The third-order valence-electron chi connectivity index (χ3n) is 3.18. The molecule has 0 amide bonds. The number of methoxy groups -OCH3 is 1. The summed E-state index contributed by atoms with van der Waals surface area (Å²) in [7, 11) is 1.62. The summed E-state index contributed by atoms with van der Waals surface area (Å²) in [6, 6.07) is 10.8. The second-order valence-electron chi connectivity index (χ2n) is 4.74. The first-order chi connectivity index (χ1) is 10.1. The predicted octanol–water partition coefficient (Wildman–Crippen LogP) is 4.15. The smallest absolute Gasteiger partial charge is 0.162 e. The Balaban J connectivity index is 2.07. The van der Waals surface area contributed by atoms with Crippen LogP contribution in [0.25, 0.3) is 0 Å². The quantitative estimate of drug-likeness (QED) is 0.866. The summed E-state index contributed by atoms with van der Waals surface area (Å²) in [4.78, 5) is 0. The lowest BCUT2D eigenvalue weighted by Gasteiger charge is -2.12. The Labute approximate surface area is 124 Å². The first-order valence-corrected chi connectivity index (χ1v) is 6.93. The Hall–Kier alpha value is -2.23. The number of hydrogen-bond donors (Lipinski definition) is 1. The van der Waals surface area contributed by atoms with Gasteiger partial charge in [0.05, 0.1) is 13.7 Å². The van der Waals surface area contributed by atoms with Crippen molar-refractivity contribution in [3.05, 3.63) is 53.3 Å². The van der Waals surface area contributed by atoms with Gasteiger partial charge in [0.15, 0.2) is 11.5 Å². The van der Waals surface area contributed by atoms with E-state index in [9.17, 15) is 4.39 Å². The van der Waals surface area contributed by atoms with E-state index < -0.39 is 0 Å². The van der Waals surface area contributed by atoms with E-state index in [1.165, 1.54) is 6.07 Å². The standard InChI is InChI=1S/C17H20FNO2/c1-4-21-16-8-6-14(10-17(16)20-3)19-11-13-5-7-15(18)12(2)9-13/h5-10,19H,4,11H2,1-3H3. The summed E-state index contributed by atoms with van der Waals surface area (Å²) in [5, 5.41) is 3.29. The molecule has 0 aliphatic carbocycles. The van der Waals surface area contributed by atoms with E-state index in [0.717, 1.165) is 17.0 Å². The van der Waals surface area contributed by atoms with Gasteiger partial charge in [0.2, 0.25) is 0 Å². The summed E-state index contributed by atoms with van der Waals surface area (Å²) in [6.45, 7) is 4.91. The van der Waals surface area contributed by atoms with E-state index in [1.54, 1.807) is 20.1 Å². The van der Waals surface area contributed by atoms with Crippen molar-refractivity contribution in [2.24, 2.45) is 0 Å². The molecule has 0 fully saturated rings. The van der Waals surface area contributed by atoms with Gasteiger partial charge in [-0.25, -0.2) is 4.39 Å². The maximum absolute atomic E-state index is 13.2. The Bertz CT molecular complexity index is 614. The second-order valence-corrected chi connectivity index (χ2v) is 4.74. The fourth-order valence-electron chi connectivity index (χ4n) is 2.07. The molecule has 0 saturated heterocycles. The van der Waals surface area contributed by atoms with Crippen molar-refractivity contribution < 1.29 is 13.9 Å². The molecular formula is C17H20FNO2. The van der Waals surface area contributed by atoms with Crippen LogP contribution in [-0.2, 0) is 6.54 Å². The van der Waals surface area contributed by atoms with Gasteiger partial charge in [0, 0.05) is 18.3 Å². The van der Waals surface area contributed by atoms with Crippen LogP contribution < -0.4 is 14.8 Å². The molecule has 0 aliphatic heterocycles. The van der Waals surface area contributed by atoms with E-state index in [1.807, 2.05) is 31.2 Å². The van der Waals surface area contributed by atoms with Crippen LogP contribution in [0.5, 0.6) is 11.5 Å². The lowest BCUT2D eigenvalue weighted by atomic mass is 10.1. The minimum absolute atomic E-state index is 0.179. The molecule has 0 aromatic heterocycles. The summed E-state index contributed by atoms with van der Waals surface area (Å²) < 4.78 is 24.0. The van der Waals surface area contributed by atoms with Crippen LogP contribution in [-0.4, -0.2) is 13.7 Å². The van der Waals surface area contributed by atoms with Crippen molar-refractivity contribution in [3.63, 3.8) is 0 Å². The van der Waals surface area contributed by atoms with Crippen molar-refractivity contribution in [3.8, 4) is 11.5 Å². The minimum atomic E-state index is -0.179. The maximum Gasteiger partial charge on any atom is 0.162 e. The molecule has 0 aliphatic rings. The van der Waals surface area contributed by atoms with Gasteiger partial charge in [-0.15, -0.1) is 0 Å². The fourth-order valence-corrected chi connectivity index (χ4v) is 2.07. The third kappa shape index (κ3) is 3.88. The molecule has 0 spiro atoms. The highest BCUT2D eigenvalue weighted by molar-refractivity contribution is 5.55. The molecular weight excluding hydrogens is 269 g/mol. The maximum atomic E-state index is 13.2. The van der Waals surface area contributed by atoms with Crippen molar-refractivity contribution in [2.45, 2.75) is 20.4 Å². The van der Waals surface area contributed by atoms with E-state index >= 15 is 0 Å². The molecule has 0 radical (unpaired) electrons. The van der Waals surface area contributed by atoms with E-state index in [2.05, 4.69) is 5.32 Å². The SMILES string of the molecule is CCOc1ccc(NCc2ccc(F)c(C)c2)cc1OC. The van der Waals surface area contributed by atoms with Gasteiger partial charge in [0.25, 0.3) is 0 Å². The fraction of sp³-hybridized carbons (Fsp3) is 0.294. The summed E-state index contributed by atoms with van der Waals surface area (Å²) in [6.07, 6.45) is 0. The minimum Gasteiger partial charge on any atom is -0.493 e. The predicted molar refractivity (Wildman–Crippen MR) is 82.6 cm³/mol. The molecule has 2 aromatic carbocycles. The van der Waals surface area contributed by atoms with Crippen molar-refractivity contribution >= 4 is 5.69 Å². The molecule has 2 aromatic rings. The highest BCUT2D eigenvalue weighted by atomic mass is 19.1. The Morgan fingerprint density at radius 2 is 1.90 bits per heavy atom. The van der Waals surface area contributed by atoms with Gasteiger partial charge in [-0.05, 0) is 43.2 Å². The Morgan fingerprint density at radius 3 is 2.57 bits per heavy atom. The largest absolute Gasteiger partial charge is 0.493 e. The topological polar surface area (TPSA) is 30.5 Å². The highest BCUT2D eigenvalue weighted by Gasteiger charge is 2.05. The normalized spacial score (nSPS) is 10.3. The van der Waals surface area contributed by atoms with E-state index in [4.69, 9.17) is 9.47 Å². The number of anilines is 1. The number of benzene rings is 2. The Kier molecular flexibility index (Phi) is 5.04. The van der Waals surface area contributed by atoms with Crippen LogP contribution in [0.3, 0.4) is 0 Å².